The molecule has 0 aliphatic carbocycles. The van der Waals surface area contributed by atoms with Crippen molar-refractivity contribution in [1.29, 1.82) is 0 Å². The van der Waals surface area contributed by atoms with Crippen LogP contribution in [-0.4, -0.2) is 55.4 Å². The van der Waals surface area contributed by atoms with Gasteiger partial charge in [0.25, 0.3) is 5.91 Å². The number of benzene rings is 1. The topological polar surface area (TPSA) is 90.6 Å². The molecule has 0 fully saturated rings. The first-order chi connectivity index (χ1) is 12.8. The Bertz CT molecular complexity index is 626. The van der Waals surface area contributed by atoms with Gasteiger partial charge in [0.1, 0.15) is 18.4 Å². The zero-order valence-electron chi connectivity index (χ0n) is 16.4. The second-order valence-corrected chi connectivity index (χ2v) is 7.84. The molecule has 0 heterocycles. The monoisotopic (exact) mass is 414 g/mol. The Balaban J connectivity index is 3.04. The summed E-state index contributed by atoms with van der Waals surface area (Å²) < 4.78 is 10.5. The fourth-order valence-corrected chi connectivity index (χ4v) is 3.02. The quantitative estimate of drug-likeness (QED) is 0.381. The number of esters is 1. The van der Waals surface area contributed by atoms with E-state index < -0.39 is 12.0 Å². The summed E-state index contributed by atoms with van der Waals surface area (Å²) in [4.78, 5) is 24.9. The maximum absolute atomic E-state index is 12.9. The van der Waals surface area contributed by atoms with Crippen LogP contribution >= 0.6 is 24.4 Å². The van der Waals surface area contributed by atoms with Gasteiger partial charge in [0, 0.05) is 17.4 Å². The summed E-state index contributed by atoms with van der Waals surface area (Å²) in [5, 5.41) is 2.80. The fourth-order valence-electron chi connectivity index (χ4n) is 2.44. The number of ether oxygens (including phenoxy) is 2. The first-order valence-corrected chi connectivity index (χ1v) is 10.9. The van der Waals surface area contributed by atoms with Crippen LogP contribution in [0.4, 0.5) is 0 Å². The van der Waals surface area contributed by atoms with Gasteiger partial charge < -0.3 is 20.5 Å². The van der Waals surface area contributed by atoms with E-state index in [2.05, 4.69) is 17.9 Å². The van der Waals surface area contributed by atoms with E-state index in [9.17, 15) is 9.59 Å². The predicted octanol–water partition coefficient (Wildman–Crippen LogP) is 2.47. The summed E-state index contributed by atoms with van der Waals surface area (Å²) in [5.41, 5.74) is 7.19. The number of carbonyl (C=O) groups is 2. The van der Waals surface area contributed by atoms with Crippen molar-refractivity contribution in [2.45, 2.75) is 38.3 Å². The van der Waals surface area contributed by atoms with Crippen LogP contribution in [0.1, 0.15) is 42.1 Å². The number of rotatable bonds is 11. The number of hydrogen-bond donors (Lipinski definition) is 3. The third-order valence-electron chi connectivity index (χ3n) is 3.99. The van der Waals surface area contributed by atoms with Gasteiger partial charge in [-0.2, -0.15) is 24.4 Å². The summed E-state index contributed by atoms with van der Waals surface area (Å²) in [6, 6.07) is 4.51. The molecule has 0 bridgehead atoms. The number of nitrogens with one attached hydrogen (secondary N) is 1. The molecule has 6 nitrogen and oxygen atoms in total. The van der Waals surface area contributed by atoms with Crippen molar-refractivity contribution < 1.29 is 19.1 Å². The van der Waals surface area contributed by atoms with Crippen LogP contribution in [-0.2, 0) is 9.53 Å². The Kier molecular flexibility index (Phi) is 10.6. The van der Waals surface area contributed by atoms with Gasteiger partial charge in [-0.1, -0.05) is 19.9 Å². The molecular formula is C19H30N2O4S2. The molecule has 0 aliphatic heterocycles. The highest BCUT2D eigenvalue weighted by Crippen LogP contribution is 2.25. The van der Waals surface area contributed by atoms with E-state index >= 15 is 0 Å². The van der Waals surface area contributed by atoms with Crippen molar-refractivity contribution in [2.24, 2.45) is 5.73 Å². The highest BCUT2D eigenvalue weighted by atomic mass is 32.2. The third-order valence-corrected chi connectivity index (χ3v) is 5.10. The Morgan fingerprint density at radius 2 is 2.04 bits per heavy atom. The third kappa shape index (κ3) is 7.63. The predicted molar refractivity (Wildman–Crippen MR) is 114 cm³/mol. The van der Waals surface area contributed by atoms with E-state index in [0.29, 0.717) is 30.1 Å². The molecule has 0 aliphatic rings. The molecule has 0 saturated carbocycles. The lowest BCUT2D eigenvalue weighted by Crippen LogP contribution is -2.42. The van der Waals surface area contributed by atoms with Crippen molar-refractivity contribution >= 4 is 36.3 Å². The van der Waals surface area contributed by atoms with Crippen LogP contribution < -0.4 is 15.8 Å². The van der Waals surface area contributed by atoms with Crippen LogP contribution in [0.2, 0.25) is 0 Å². The van der Waals surface area contributed by atoms with Crippen molar-refractivity contribution in [3.05, 3.63) is 29.3 Å². The molecule has 1 aromatic carbocycles. The molecular weight excluding hydrogens is 384 g/mol. The van der Waals surface area contributed by atoms with Crippen LogP contribution in [0.25, 0.3) is 0 Å². The van der Waals surface area contributed by atoms with E-state index in [1.54, 1.807) is 17.8 Å². The molecule has 8 heteroatoms. The highest BCUT2D eigenvalue weighted by molar-refractivity contribution is 7.98. The minimum atomic E-state index is -0.683. The second-order valence-electron chi connectivity index (χ2n) is 6.49. The van der Waals surface area contributed by atoms with Crippen molar-refractivity contribution in [3.8, 4) is 5.75 Å². The fraction of sp³-hybridized carbons (Fsp3) is 0.579. The normalized spacial score (nSPS) is 13.1. The molecule has 0 aromatic heterocycles. The lowest BCUT2D eigenvalue weighted by atomic mass is 9.96. The number of nitrogens with two attached hydrogens (primary N) is 1. The van der Waals surface area contributed by atoms with Crippen molar-refractivity contribution in [3.63, 3.8) is 0 Å². The number of thioether (sulfide) groups is 1. The molecule has 2 unspecified atom stereocenters. The van der Waals surface area contributed by atoms with Gasteiger partial charge in [-0.15, -0.1) is 0 Å². The molecule has 0 radical (unpaired) electrons. The molecule has 3 N–H and O–H groups in total. The van der Waals surface area contributed by atoms with Crippen LogP contribution in [0.15, 0.2) is 18.2 Å². The van der Waals surface area contributed by atoms with Crippen LogP contribution in [0, 0.1) is 0 Å². The molecule has 0 saturated heterocycles. The Hall–Kier alpha value is -1.38. The number of methoxy groups -OCH3 is 1. The van der Waals surface area contributed by atoms with E-state index in [4.69, 9.17) is 15.2 Å². The molecule has 152 valence electrons. The van der Waals surface area contributed by atoms with Gasteiger partial charge in [0.15, 0.2) is 0 Å². The number of amides is 1. The molecule has 2 atom stereocenters. The molecule has 1 amide bonds. The minimum absolute atomic E-state index is 0.141. The lowest BCUT2D eigenvalue weighted by molar-refractivity contribution is -0.142. The van der Waals surface area contributed by atoms with Crippen LogP contribution in [0.5, 0.6) is 5.75 Å². The molecule has 1 rings (SSSR count). The highest BCUT2D eigenvalue weighted by Gasteiger charge is 2.24. The van der Waals surface area contributed by atoms with Gasteiger partial charge in [0.05, 0.1) is 7.11 Å². The zero-order chi connectivity index (χ0) is 20.4. The number of carbonyl (C=O) groups excluding carboxylic acids is 2. The lowest BCUT2D eigenvalue weighted by Gasteiger charge is -2.19. The van der Waals surface area contributed by atoms with Crippen molar-refractivity contribution in [2.75, 3.05) is 31.5 Å². The number of hydrogen-bond acceptors (Lipinski definition) is 7. The summed E-state index contributed by atoms with van der Waals surface area (Å²) in [6.45, 7) is 4.33. The number of thiol groups is 1. The van der Waals surface area contributed by atoms with Gasteiger partial charge in [-0.05, 0) is 42.0 Å². The first kappa shape index (κ1) is 23.7. The molecule has 0 spiro atoms. The molecule has 1 aromatic rings. The van der Waals surface area contributed by atoms with Gasteiger partial charge in [-0.3, -0.25) is 4.79 Å². The Morgan fingerprint density at radius 1 is 1.33 bits per heavy atom. The van der Waals surface area contributed by atoms with E-state index in [-0.39, 0.29) is 17.9 Å². The summed E-state index contributed by atoms with van der Waals surface area (Å²) in [5.74, 6) is 1.17. The maximum Gasteiger partial charge on any atom is 0.328 e. The van der Waals surface area contributed by atoms with E-state index in [1.165, 1.54) is 7.11 Å². The van der Waals surface area contributed by atoms with E-state index in [1.807, 2.05) is 32.2 Å². The summed E-state index contributed by atoms with van der Waals surface area (Å²) in [7, 11) is 1.32. The average Bonchev–Trinajstić information content (AvgIpc) is 2.67. The maximum atomic E-state index is 12.9. The SMILES string of the molecule is COC(=O)C(CCSC)NC(=O)c1cc(OCC(N)CS)ccc1C(C)C. The van der Waals surface area contributed by atoms with Crippen molar-refractivity contribution in [1.82, 2.24) is 5.32 Å². The minimum Gasteiger partial charge on any atom is -0.492 e. The smallest absolute Gasteiger partial charge is 0.328 e. The summed E-state index contributed by atoms with van der Waals surface area (Å²) in [6.07, 6.45) is 2.45. The first-order valence-electron chi connectivity index (χ1n) is 8.84. The van der Waals surface area contributed by atoms with Crippen LogP contribution in [0.3, 0.4) is 0 Å². The standard InChI is InChI=1S/C19H30N2O4S2/c1-12(2)15-6-5-14(25-10-13(20)11-26)9-16(15)18(22)21-17(7-8-27-4)19(23)24-3/h5-6,9,12-13,17,26H,7-8,10-11,20H2,1-4H3,(H,21,22). The van der Waals surface area contributed by atoms with E-state index in [0.717, 1.165) is 11.3 Å². The zero-order valence-corrected chi connectivity index (χ0v) is 18.1. The largest absolute Gasteiger partial charge is 0.492 e. The Labute approximate surface area is 171 Å². The van der Waals surface area contributed by atoms with Gasteiger partial charge >= 0.3 is 5.97 Å². The average molecular weight is 415 g/mol. The van der Waals surface area contributed by atoms with Gasteiger partial charge in [-0.25, -0.2) is 4.79 Å². The second kappa shape index (κ2) is 12.2. The van der Waals surface area contributed by atoms with Gasteiger partial charge in [0.2, 0.25) is 0 Å². The summed E-state index contributed by atoms with van der Waals surface area (Å²) >= 11 is 5.74. The Morgan fingerprint density at radius 3 is 2.59 bits per heavy atom. The molecule has 27 heavy (non-hydrogen) atoms.